The Bertz CT molecular complexity index is 857. The first-order chi connectivity index (χ1) is 14.8. The van der Waals surface area contributed by atoms with Crippen molar-refractivity contribution in [2.45, 2.75) is 64.9 Å². The maximum atomic E-state index is 13.2. The van der Waals surface area contributed by atoms with Crippen molar-refractivity contribution in [3.05, 3.63) is 71.0 Å². The summed E-state index contributed by atoms with van der Waals surface area (Å²) in [4.78, 5) is 27.8. The second-order valence-corrected chi connectivity index (χ2v) is 8.86. The fourth-order valence-corrected chi connectivity index (χ4v) is 4.16. The van der Waals surface area contributed by atoms with Gasteiger partial charge < -0.3 is 10.2 Å². The number of nitrogens with one attached hydrogen (secondary N) is 1. The lowest BCUT2D eigenvalue weighted by Gasteiger charge is -2.31. The van der Waals surface area contributed by atoms with Crippen LogP contribution < -0.4 is 5.32 Å². The van der Waals surface area contributed by atoms with Gasteiger partial charge in [-0.15, -0.1) is 11.8 Å². The molecule has 0 fully saturated rings. The van der Waals surface area contributed by atoms with Gasteiger partial charge in [-0.2, -0.15) is 0 Å². The van der Waals surface area contributed by atoms with Crippen molar-refractivity contribution >= 4 is 23.6 Å². The lowest BCUT2D eigenvalue weighted by Crippen LogP contribution is -2.51. The standard InChI is InChI=1S/C25H33FN2O2S/c1-5-19(4)27-25(30)23(6-2)28(15-21-9-7-8-18(3)14-21)24(29)17-31-16-20-10-12-22(26)13-11-20/h7-14,19,23H,5-6,15-17H2,1-4H3,(H,27,30)/t19-,23-/m1/s1. The van der Waals surface area contributed by atoms with Crippen molar-refractivity contribution in [2.24, 2.45) is 0 Å². The van der Waals surface area contributed by atoms with Gasteiger partial charge >= 0.3 is 0 Å². The van der Waals surface area contributed by atoms with E-state index >= 15 is 0 Å². The number of benzene rings is 2. The van der Waals surface area contributed by atoms with E-state index in [0.717, 1.165) is 23.1 Å². The van der Waals surface area contributed by atoms with Crippen LogP contribution in [0.15, 0.2) is 48.5 Å². The molecule has 6 heteroatoms. The second-order valence-electron chi connectivity index (χ2n) is 7.87. The molecule has 31 heavy (non-hydrogen) atoms. The van der Waals surface area contributed by atoms with Gasteiger partial charge in [-0.1, -0.05) is 55.8 Å². The summed E-state index contributed by atoms with van der Waals surface area (Å²) in [5.41, 5.74) is 3.09. The van der Waals surface area contributed by atoms with Gasteiger partial charge in [0.1, 0.15) is 11.9 Å². The zero-order valence-corrected chi connectivity index (χ0v) is 19.7. The molecule has 0 spiro atoms. The molecule has 1 N–H and O–H groups in total. The molecule has 4 nitrogen and oxygen atoms in total. The molecular weight excluding hydrogens is 411 g/mol. The molecule has 2 rings (SSSR count). The van der Waals surface area contributed by atoms with E-state index in [4.69, 9.17) is 0 Å². The SMILES string of the molecule is CC[C@@H](C)NC(=O)[C@@H](CC)N(Cc1cccc(C)c1)C(=O)CSCc1ccc(F)cc1. The highest BCUT2D eigenvalue weighted by molar-refractivity contribution is 7.99. The number of hydrogen-bond donors (Lipinski definition) is 1. The van der Waals surface area contributed by atoms with E-state index in [-0.39, 0.29) is 29.4 Å². The first-order valence-electron chi connectivity index (χ1n) is 10.8. The van der Waals surface area contributed by atoms with E-state index in [0.29, 0.717) is 18.7 Å². The van der Waals surface area contributed by atoms with Crippen molar-refractivity contribution in [1.29, 1.82) is 0 Å². The normalized spacial score (nSPS) is 12.8. The molecule has 0 unspecified atom stereocenters. The highest BCUT2D eigenvalue weighted by Crippen LogP contribution is 2.18. The lowest BCUT2D eigenvalue weighted by atomic mass is 10.1. The van der Waals surface area contributed by atoms with E-state index in [1.807, 2.05) is 52.0 Å². The van der Waals surface area contributed by atoms with Crippen LogP contribution in [0.4, 0.5) is 4.39 Å². The number of nitrogens with zero attached hydrogens (tertiary/aromatic N) is 1. The summed E-state index contributed by atoms with van der Waals surface area (Å²) in [6, 6.07) is 13.9. The van der Waals surface area contributed by atoms with E-state index < -0.39 is 6.04 Å². The van der Waals surface area contributed by atoms with Gasteiger partial charge in [0.05, 0.1) is 5.75 Å². The number of carbonyl (C=O) groups excluding carboxylic acids is 2. The number of aryl methyl sites for hydroxylation is 1. The van der Waals surface area contributed by atoms with Crippen molar-refractivity contribution in [3.63, 3.8) is 0 Å². The van der Waals surface area contributed by atoms with Crippen LogP contribution in [0.3, 0.4) is 0 Å². The lowest BCUT2D eigenvalue weighted by molar-refractivity contribution is -0.139. The maximum Gasteiger partial charge on any atom is 0.243 e. The minimum atomic E-state index is -0.520. The molecule has 2 atom stereocenters. The summed E-state index contributed by atoms with van der Waals surface area (Å²) in [6.45, 7) is 8.33. The zero-order valence-electron chi connectivity index (χ0n) is 18.9. The number of halogens is 1. The van der Waals surface area contributed by atoms with Crippen LogP contribution in [0, 0.1) is 12.7 Å². The molecule has 0 aliphatic carbocycles. The number of hydrogen-bond acceptors (Lipinski definition) is 3. The van der Waals surface area contributed by atoms with Crippen LogP contribution in [0.25, 0.3) is 0 Å². The molecule has 0 aromatic heterocycles. The summed E-state index contributed by atoms with van der Waals surface area (Å²) in [6.07, 6.45) is 1.38. The van der Waals surface area contributed by atoms with E-state index in [9.17, 15) is 14.0 Å². The third-order valence-electron chi connectivity index (χ3n) is 5.23. The molecule has 2 amide bonds. The Balaban J connectivity index is 2.13. The summed E-state index contributed by atoms with van der Waals surface area (Å²) in [7, 11) is 0. The largest absolute Gasteiger partial charge is 0.352 e. The van der Waals surface area contributed by atoms with Gasteiger partial charge in [0.25, 0.3) is 0 Å². The monoisotopic (exact) mass is 444 g/mol. The minimum Gasteiger partial charge on any atom is -0.352 e. The second kappa shape index (κ2) is 12.5. The van der Waals surface area contributed by atoms with Crippen LogP contribution in [-0.2, 0) is 21.9 Å². The zero-order chi connectivity index (χ0) is 22.8. The van der Waals surface area contributed by atoms with Crippen LogP contribution >= 0.6 is 11.8 Å². The number of rotatable bonds is 11. The summed E-state index contributed by atoms with van der Waals surface area (Å²) >= 11 is 1.48. The number of carbonyl (C=O) groups is 2. The highest BCUT2D eigenvalue weighted by atomic mass is 32.2. The Labute approximate surface area is 189 Å². The van der Waals surface area contributed by atoms with Gasteiger partial charge in [-0.25, -0.2) is 4.39 Å². The number of thioether (sulfide) groups is 1. The average Bonchev–Trinajstić information content (AvgIpc) is 2.74. The fourth-order valence-electron chi connectivity index (χ4n) is 3.29. The Morgan fingerprint density at radius 2 is 1.77 bits per heavy atom. The number of amides is 2. The van der Waals surface area contributed by atoms with Crippen LogP contribution in [0.1, 0.15) is 50.3 Å². The predicted molar refractivity (Wildman–Crippen MR) is 126 cm³/mol. The van der Waals surface area contributed by atoms with E-state index in [2.05, 4.69) is 5.32 Å². The molecule has 0 saturated heterocycles. The highest BCUT2D eigenvalue weighted by Gasteiger charge is 2.29. The molecule has 2 aromatic carbocycles. The summed E-state index contributed by atoms with van der Waals surface area (Å²) in [5.74, 6) is 0.421. The summed E-state index contributed by atoms with van der Waals surface area (Å²) in [5, 5.41) is 3.03. The van der Waals surface area contributed by atoms with Crippen molar-refractivity contribution < 1.29 is 14.0 Å². The third-order valence-corrected chi connectivity index (χ3v) is 6.22. The Morgan fingerprint density at radius 3 is 2.39 bits per heavy atom. The molecule has 0 heterocycles. The van der Waals surface area contributed by atoms with Gasteiger partial charge in [0.15, 0.2) is 0 Å². The summed E-state index contributed by atoms with van der Waals surface area (Å²) < 4.78 is 13.1. The quantitative estimate of drug-likeness (QED) is 0.525. The van der Waals surface area contributed by atoms with Gasteiger partial charge in [0.2, 0.25) is 11.8 Å². The third kappa shape index (κ3) is 8.02. The minimum absolute atomic E-state index is 0.0605. The molecule has 0 saturated carbocycles. The molecule has 168 valence electrons. The van der Waals surface area contributed by atoms with Crippen molar-refractivity contribution in [1.82, 2.24) is 10.2 Å². The molecule has 0 radical (unpaired) electrons. The molecular formula is C25H33FN2O2S. The Morgan fingerprint density at radius 1 is 1.06 bits per heavy atom. The Hall–Kier alpha value is -2.34. The van der Waals surface area contributed by atoms with Gasteiger partial charge in [0, 0.05) is 18.3 Å². The topological polar surface area (TPSA) is 49.4 Å². The fraction of sp³-hybridized carbons (Fsp3) is 0.440. The molecule has 0 bridgehead atoms. The molecule has 0 aliphatic heterocycles. The van der Waals surface area contributed by atoms with Crippen LogP contribution in [0.2, 0.25) is 0 Å². The van der Waals surface area contributed by atoms with E-state index in [1.54, 1.807) is 17.0 Å². The van der Waals surface area contributed by atoms with Crippen LogP contribution in [-0.4, -0.2) is 34.6 Å². The first kappa shape index (κ1) is 24.9. The van der Waals surface area contributed by atoms with Crippen molar-refractivity contribution in [2.75, 3.05) is 5.75 Å². The van der Waals surface area contributed by atoms with Crippen LogP contribution in [0.5, 0.6) is 0 Å². The average molecular weight is 445 g/mol. The first-order valence-corrected chi connectivity index (χ1v) is 12.0. The maximum absolute atomic E-state index is 13.2. The van der Waals surface area contributed by atoms with E-state index in [1.165, 1.54) is 23.9 Å². The molecule has 0 aliphatic rings. The predicted octanol–water partition coefficient (Wildman–Crippen LogP) is 5.09. The smallest absolute Gasteiger partial charge is 0.243 e. The van der Waals surface area contributed by atoms with Gasteiger partial charge in [-0.3, -0.25) is 9.59 Å². The van der Waals surface area contributed by atoms with Crippen molar-refractivity contribution in [3.8, 4) is 0 Å². The van der Waals surface area contributed by atoms with Gasteiger partial charge in [-0.05, 0) is 49.9 Å². The molecule has 2 aromatic rings. The Kier molecular flexibility index (Phi) is 10.0.